The lowest BCUT2D eigenvalue weighted by molar-refractivity contribution is 1.18. The Bertz CT molecular complexity index is 2560. The van der Waals surface area contributed by atoms with Gasteiger partial charge in [0.25, 0.3) is 0 Å². The molecule has 0 bridgehead atoms. The van der Waals surface area contributed by atoms with E-state index in [1.165, 1.54) is 10.8 Å². The molecule has 0 amide bonds. The minimum absolute atomic E-state index is 0.988. The van der Waals surface area contributed by atoms with Crippen molar-refractivity contribution >= 4 is 54.4 Å². The van der Waals surface area contributed by atoms with Gasteiger partial charge in [0.1, 0.15) is 0 Å². The first-order valence-electron chi connectivity index (χ1n) is 15.5. The number of benzene rings is 5. The van der Waals surface area contributed by atoms with Crippen LogP contribution in [0.2, 0.25) is 0 Å². The number of hydrogen-bond donors (Lipinski definition) is 0. The Morgan fingerprint density at radius 3 is 1.36 bits per heavy atom. The van der Waals surface area contributed by atoms with Gasteiger partial charge in [0, 0.05) is 61.9 Å². The van der Waals surface area contributed by atoms with Crippen LogP contribution >= 0.6 is 22.7 Å². The Morgan fingerprint density at radius 1 is 0.447 bits per heavy atom. The molecule has 0 aliphatic rings. The minimum atomic E-state index is 0.988. The van der Waals surface area contributed by atoms with Crippen LogP contribution in [0.3, 0.4) is 0 Å². The van der Waals surface area contributed by atoms with E-state index >= 15 is 0 Å². The zero-order valence-corrected chi connectivity index (χ0v) is 26.6. The van der Waals surface area contributed by atoms with E-state index in [4.69, 9.17) is 9.97 Å². The first kappa shape index (κ1) is 26.5. The van der Waals surface area contributed by atoms with Gasteiger partial charge in [0.05, 0.1) is 33.8 Å². The van der Waals surface area contributed by atoms with Gasteiger partial charge in [-0.3, -0.25) is 8.80 Å². The zero-order valence-electron chi connectivity index (χ0n) is 25.0. The number of imidazole rings is 2. The molecule has 0 atom stereocenters. The normalized spacial score (nSPS) is 11.8. The highest BCUT2D eigenvalue weighted by Crippen LogP contribution is 2.41. The molecule has 0 fully saturated rings. The van der Waals surface area contributed by atoms with Crippen molar-refractivity contribution in [3.63, 3.8) is 0 Å². The Labute approximate surface area is 277 Å². The van der Waals surface area contributed by atoms with Crippen molar-refractivity contribution in [1.82, 2.24) is 23.3 Å². The van der Waals surface area contributed by atoms with Gasteiger partial charge < -0.3 is 4.57 Å². The summed E-state index contributed by atoms with van der Waals surface area (Å²) in [7, 11) is 0. The van der Waals surface area contributed by atoms with Crippen molar-refractivity contribution in [1.29, 1.82) is 0 Å². The second-order valence-electron chi connectivity index (χ2n) is 11.6. The van der Waals surface area contributed by atoms with Gasteiger partial charge in [0.15, 0.2) is 9.92 Å². The monoisotopic (exact) mass is 639 g/mol. The average Bonchev–Trinajstić information content (AvgIpc) is 3.95. The van der Waals surface area contributed by atoms with Crippen molar-refractivity contribution in [3.05, 3.63) is 151 Å². The molecule has 0 radical (unpaired) electrons. The third kappa shape index (κ3) is 4.07. The number of nitrogens with zero attached hydrogens (tertiary/aromatic N) is 5. The molecule has 5 nitrogen and oxygen atoms in total. The van der Waals surface area contributed by atoms with Crippen molar-refractivity contribution in [2.45, 2.75) is 0 Å². The summed E-state index contributed by atoms with van der Waals surface area (Å²) in [4.78, 5) is 12.1. The largest absolute Gasteiger partial charge is 0.309 e. The van der Waals surface area contributed by atoms with Crippen molar-refractivity contribution in [2.24, 2.45) is 0 Å². The Hall–Kier alpha value is -5.76. The summed E-state index contributed by atoms with van der Waals surface area (Å²) in [6.07, 6.45) is 4.25. The number of hydrogen-bond acceptors (Lipinski definition) is 4. The predicted octanol–water partition coefficient (Wildman–Crippen LogP) is 10.9. The van der Waals surface area contributed by atoms with Crippen molar-refractivity contribution in [3.8, 4) is 50.7 Å². The molecule has 0 spiro atoms. The fourth-order valence-corrected chi connectivity index (χ4v) is 8.31. The number of para-hydroxylation sites is 1. The molecule has 5 aromatic carbocycles. The van der Waals surface area contributed by atoms with E-state index in [-0.39, 0.29) is 0 Å². The maximum Gasteiger partial charge on any atom is 0.194 e. The van der Waals surface area contributed by atoms with Gasteiger partial charge in [-0.15, -0.1) is 22.7 Å². The summed E-state index contributed by atoms with van der Waals surface area (Å²) >= 11 is 3.32. The quantitative estimate of drug-likeness (QED) is 0.188. The molecule has 0 unspecified atom stereocenters. The first-order chi connectivity index (χ1) is 23.3. The lowest BCUT2D eigenvalue weighted by Gasteiger charge is -2.11. The summed E-state index contributed by atoms with van der Waals surface area (Å²) in [6, 6.07) is 45.4. The van der Waals surface area contributed by atoms with Crippen LogP contribution in [0.5, 0.6) is 0 Å². The third-order valence-electron chi connectivity index (χ3n) is 8.95. The molecule has 47 heavy (non-hydrogen) atoms. The molecule has 5 heterocycles. The molecule has 0 saturated carbocycles. The highest BCUT2D eigenvalue weighted by Gasteiger charge is 2.22. The fraction of sp³-hybridized carbons (Fsp3) is 0. The van der Waals surface area contributed by atoms with Crippen LogP contribution in [-0.2, 0) is 0 Å². The summed E-state index contributed by atoms with van der Waals surface area (Å²) < 4.78 is 6.84. The molecule has 0 N–H and O–H groups in total. The fourth-order valence-electron chi connectivity index (χ4n) is 6.89. The number of aromatic nitrogens is 5. The Balaban J connectivity index is 1.25. The maximum absolute atomic E-state index is 5.08. The molecule has 7 heteroatoms. The van der Waals surface area contributed by atoms with E-state index in [1.807, 2.05) is 0 Å². The number of rotatable bonds is 5. The predicted molar refractivity (Wildman–Crippen MR) is 196 cm³/mol. The van der Waals surface area contributed by atoms with Crippen molar-refractivity contribution < 1.29 is 0 Å². The Kier molecular flexibility index (Phi) is 5.85. The summed E-state index contributed by atoms with van der Waals surface area (Å²) in [5.74, 6) is 0. The van der Waals surface area contributed by atoms with Gasteiger partial charge in [0.2, 0.25) is 0 Å². The van der Waals surface area contributed by atoms with Crippen LogP contribution in [0.25, 0.3) is 82.4 Å². The summed E-state index contributed by atoms with van der Waals surface area (Å²) in [5, 5.41) is 6.63. The van der Waals surface area contributed by atoms with Crippen LogP contribution in [0.4, 0.5) is 0 Å². The van der Waals surface area contributed by atoms with Gasteiger partial charge >= 0.3 is 0 Å². The standard InChI is InChI=1S/C40H25N5S2/c1-4-10-26(11-5-1)35-37(43-20-22-46-39(43)41-35)28-16-18-31-32-19-17-29(25-34(32)45(33(31)24-28)30-14-8-3-9-15-30)38-36(27-12-6-2-7-13-27)42-40-44(38)21-23-47-40/h1-25H. The Morgan fingerprint density at radius 2 is 0.894 bits per heavy atom. The third-order valence-corrected chi connectivity index (χ3v) is 10.5. The van der Waals surface area contributed by atoms with E-state index < -0.39 is 0 Å². The molecule has 0 aliphatic heterocycles. The number of thiazole rings is 2. The van der Waals surface area contributed by atoms with Crippen LogP contribution in [0, 0.1) is 0 Å². The van der Waals surface area contributed by atoms with E-state index in [0.29, 0.717) is 0 Å². The summed E-state index contributed by atoms with van der Waals surface area (Å²) in [6.45, 7) is 0. The van der Waals surface area contributed by atoms with E-state index in [9.17, 15) is 0 Å². The SMILES string of the molecule is c1ccc(-c2nc3sccn3c2-c2ccc3c4ccc(-c5c(-c6ccccc6)nc6sccn56)cc4n(-c4ccccc4)c3c2)cc1. The molecule has 5 aromatic heterocycles. The highest BCUT2D eigenvalue weighted by atomic mass is 32.1. The van der Waals surface area contributed by atoms with E-state index in [1.54, 1.807) is 22.7 Å². The van der Waals surface area contributed by atoms with Crippen molar-refractivity contribution in [2.75, 3.05) is 0 Å². The summed E-state index contributed by atoms with van der Waals surface area (Å²) in [5.41, 5.74) is 12.1. The highest BCUT2D eigenvalue weighted by molar-refractivity contribution is 7.15. The van der Waals surface area contributed by atoms with Crippen LogP contribution in [0.1, 0.15) is 0 Å². The first-order valence-corrected chi connectivity index (χ1v) is 17.2. The zero-order chi connectivity index (χ0) is 30.9. The second kappa shape index (κ2) is 10.4. The topological polar surface area (TPSA) is 39.5 Å². The average molecular weight is 640 g/mol. The molecular formula is C40H25N5S2. The molecule has 222 valence electrons. The molecule has 10 rings (SSSR count). The lowest BCUT2D eigenvalue weighted by Crippen LogP contribution is -1.95. The molecule has 10 aromatic rings. The smallest absolute Gasteiger partial charge is 0.194 e. The number of fused-ring (bicyclic) bond motifs is 5. The molecule has 0 aliphatic carbocycles. The van der Waals surface area contributed by atoms with Gasteiger partial charge in [-0.1, -0.05) is 103 Å². The van der Waals surface area contributed by atoms with Crippen LogP contribution in [-0.4, -0.2) is 23.3 Å². The maximum atomic E-state index is 5.08. The molecular weight excluding hydrogens is 615 g/mol. The molecule has 0 saturated heterocycles. The minimum Gasteiger partial charge on any atom is -0.309 e. The van der Waals surface area contributed by atoms with Gasteiger partial charge in [-0.25, -0.2) is 9.97 Å². The lowest BCUT2D eigenvalue weighted by atomic mass is 10.0. The second-order valence-corrected chi connectivity index (χ2v) is 13.3. The van der Waals surface area contributed by atoms with Gasteiger partial charge in [-0.2, -0.15) is 0 Å². The van der Waals surface area contributed by atoms with E-state index in [2.05, 4.69) is 164 Å². The van der Waals surface area contributed by atoms with Crippen LogP contribution < -0.4 is 0 Å². The van der Waals surface area contributed by atoms with Gasteiger partial charge in [-0.05, 0) is 24.3 Å². The van der Waals surface area contributed by atoms with E-state index in [0.717, 1.165) is 71.7 Å². The van der Waals surface area contributed by atoms with Crippen LogP contribution in [0.15, 0.2) is 151 Å².